The van der Waals surface area contributed by atoms with Crippen LogP contribution in [-0.2, 0) is 0 Å². The van der Waals surface area contributed by atoms with Crippen molar-refractivity contribution in [1.29, 1.82) is 0 Å². The molecule has 0 spiro atoms. The Morgan fingerprint density at radius 2 is 2.08 bits per heavy atom. The minimum Gasteiger partial charge on any atom is -0.293 e. The fourth-order valence-electron chi connectivity index (χ4n) is 1.19. The Balaban J connectivity index is 3.33. The third-order valence-corrected chi connectivity index (χ3v) is 3.23. The maximum Gasteiger partial charge on any atom is 0.178 e. The summed E-state index contributed by atoms with van der Waals surface area (Å²) in [7, 11) is 0. The number of hydrogen-bond donors (Lipinski definition) is 0. The lowest BCUT2D eigenvalue weighted by molar-refractivity contribution is 0.101. The van der Waals surface area contributed by atoms with Crippen molar-refractivity contribution in [2.75, 3.05) is 5.88 Å². The molecule has 0 radical (unpaired) electrons. The molecule has 0 bridgehead atoms. The number of halogens is 2. The van der Waals surface area contributed by atoms with Gasteiger partial charge in [0.05, 0.1) is 5.88 Å². The smallest absolute Gasteiger partial charge is 0.178 e. The minimum atomic E-state index is 0.00673. The van der Waals surface area contributed by atoms with E-state index in [0.717, 1.165) is 20.3 Å². The van der Waals surface area contributed by atoms with E-state index in [4.69, 9.17) is 11.6 Å². The van der Waals surface area contributed by atoms with Gasteiger partial charge in [-0.1, -0.05) is 6.07 Å². The predicted molar refractivity (Wildman–Crippen MR) is 63.7 cm³/mol. The number of carbonyl (C=O) groups excluding carboxylic acids is 1. The maximum absolute atomic E-state index is 11.5. The summed E-state index contributed by atoms with van der Waals surface area (Å²) in [6.07, 6.45) is 0. The zero-order valence-corrected chi connectivity index (χ0v) is 10.4. The average Bonchev–Trinajstić information content (AvgIpc) is 2.12. The number of benzene rings is 1. The topological polar surface area (TPSA) is 17.1 Å². The Hall–Kier alpha value is -0.0900. The van der Waals surface area contributed by atoms with E-state index >= 15 is 0 Å². The summed E-state index contributed by atoms with van der Waals surface area (Å²) in [4.78, 5) is 11.5. The van der Waals surface area contributed by atoms with Gasteiger partial charge < -0.3 is 0 Å². The van der Waals surface area contributed by atoms with Gasteiger partial charge in [0.1, 0.15) is 0 Å². The summed E-state index contributed by atoms with van der Waals surface area (Å²) in [5.41, 5.74) is 2.95. The van der Waals surface area contributed by atoms with Gasteiger partial charge in [0.25, 0.3) is 0 Å². The van der Waals surface area contributed by atoms with E-state index in [1.165, 1.54) is 0 Å². The third kappa shape index (κ3) is 2.23. The second-order valence-electron chi connectivity index (χ2n) is 2.92. The van der Waals surface area contributed by atoms with E-state index in [0.29, 0.717) is 0 Å². The SMILES string of the molecule is Cc1ccc(I)c(C(=O)CCl)c1C. The van der Waals surface area contributed by atoms with E-state index < -0.39 is 0 Å². The second kappa shape index (κ2) is 4.42. The molecule has 1 aromatic rings. The Bertz CT molecular complexity index is 347. The molecular weight excluding hydrogens is 298 g/mol. The molecule has 0 aromatic heterocycles. The van der Waals surface area contributed by atoms with Crippen molar-refractivity contribution in [1.82, 2.24) is 0 Å². The van der Waals surface area contributed by atoms with Gasteiger partial charge in [-0.15, -0.1) is 11.6 Å². The van der Waals surface area contributed by atoms with Crippen LogP contribution in [0.15, 0.2) is 12.1 Å². The van der Waals surface area contributed by atoms with Crippen LogP contribution in [0.1, 0.15) is 21.5 Å². The van der Waals surface area contributed by atoms with Gasteiger partial charge in [-0.3, -0.25) is 4.79 Å². The predicted octanol–water partition coefficient (Wildman–Crippen LogP) is 3.33. The molecule has 0 aliphatic carbocycles. The molecule has 0 fully saturated rings. The summed E-state index contributed by atoms with van der Waals surface area (Å²) in [6, 6.07) is 3.96. The molecule has 70 valence electrons. The van der Waals surface area contributed by atoms with Crippen molar-refractivity contribution in [3.63, 3.8) is 0 Å². The molecule has 0 heterocycles. The lowest BCUT2D eigenvalue weighted by atomic mass is 10.0. The normalized spacial score (nSPS) is 10.2. The van der Waals surface area contributed by atoms with E-state index in [2.05, 4.69) is 22.6 Å². The van der Waals surface area contributed by atoms with Gasteiger partial charge in [0.15, 0.2) is 5.78 Å². The van der Waals surface area contributed by atoms with Crippen LogP contribution in [-0.4, -0.2) is 11.7 Å². The fraction of sp³-hybridized carbons (Fsp3) is 0.300. The molecule has 3 heteroatoms. The number of Topliss-reactive ketones (excluding diaryl/α,β-unsaturated/α-hetero) is 1. The highest BCUT2D eigenvalue weighted by atomic mass is 127. The van der Waals surface area contributed by atoms with Crippen molar-refractivity contribution in [3.05, 3.63) is 32.4 Å². The molecule has 0 N–H and O–H groups in total. The van der Waals surface area contributed by atoms with Crippen molar-refractivity contribution >= 4 is 40.0 Å². The number of hydrogen-bond acceptors (Lipinski definition) is 1. The number of carbonyl (C=O) groups is 1. The molecule has 0 saturated carbocycles. The molecule has 1 aromatic carbocycles. The van der Waals surface area contributed by atoms with Crippen LogP contribution in [0.5, 0.6) is 0 Å². The van der Waals surface area contributed by atoms with Gasteiger partial charge in [-0.05, 0) is 53.6 Å². The van der Waals surface area contributed by atoms with Crippen LogP contribution < -0.4 is 0 Å². The summed E-state index contributed by atoms with van der Waals surface area (Å²) in [6.45, 7) is 3.95. The highest BCUT2D eigenvalue weighted by Gasteiger charge is 2.12. The average molecular weight is 309 g/mol. The van der Waals surface area contributed by atoms with Crippen LogP contribution in [0.4, 0.5) is 0 Å². The van der Waals surface area contributed by atoms with Crippen molar-refractivity contribution in [2.24, 2.45) is 0 Å². The van der Waals surface area contributed by atoms with Crippen LogP contribution in [0.2, 0.25) is 0 Å². The first-order valence-electron chi connectivity index (χ1n) is 3.92. The van der Waals surface area contributed by atoms with E-state index in [9.17, 15) is 4.79 Å². The van der Waals surface area contributed by atoms with E-state index in [1.807, 2.05) is 26.0 Å². The first kappa shape index (κ1) is 11.0. The molecule has 0 aliphatic heterocycles. The van der Waals surface area contributed by atoms with E-state index in [1.54, 1.807) is 0 Å². The standard InChI is InChI=1S/C10H10ClIO/c1-6-3-4-8(12)10(7(6)2)9(13)5-11/h3-4H,5H2,1-2H3. The lowest BCUT2D eigenvalue weighted by Crippen LogP contribution is -2.06. The molecule has 0 saturated heterocycles. The van der Waals surface area contributed by atoms with Crippen molar-refractivity contribution in [3.8, 4) is 0 Å². The Kier molecular flexibility index (Phi) is 3.74. The van der Waals surface area contributed by atoms with Crippen LogP contribution >= 0.6 is 34.2 Å². The van der Waals surface area contributed by atoms with E-state index in [-0.39, 0.29) is 11.7 Å². The van der Waals surface area contributed by atoms with Crippen LogP contribution in [0, 0.1) is 17.4 Å². The number of ketones is 1. The first-order valence-corrected chi connectivity index (χ1v) is 5.54. The molecule has 1 rings (SSSR count). The molecule has 0 atom stereocenters. The zero-order chi connectivity index (χ0) is 10.0. The highest BCUT2D eigenvalue weighted by molar-refractivity contribution is 14.1. The summed E-state index contributed by atoms with van der Waals surface area (Å²) in [5, 5.41) is 0. The molecule has 13 heavy (non-hydrogen) atoms. The number of alkyl halides is 1. The zero-order valence-electron chi connectivity index (χ0n) is 7.53. The van der Waals surface area contributed by atoms with Gasteiger partial charge >= 0.3 is 0 Å². The maximum atomic E-state index is 11.5. The van der Waals surface area contributed by atoms with Crippen LogP contribution in [0.3, 0.4) is 0 Å². The monoisotopic (exact) mass is 308 g/mol. The van der Waals surface area contributed by atoms with Crippen molar-refractivity contribution in [2.45, 2.75) is 13.8 Å². The second-order valence-corrected chi connectivity index (χ2v) is 4.35. The number of rotatable bonds is 2. The Labute approximate surface area is 96.6 Å². The van der Waals surface area contributed by atoms with Crippen molar-refractivity contribution < 1.29 is 4.79 Å². The summed E-state index contributed by atoms with van der Waals surface area (Å²) >= 11 is 7.69. The van der Waals surface area contributed by atoms with Gasteiger partial charge in [-0.25, -0.2) is 0 Å². The molecule has 0 aliphatic rings. The molecule has 1 nitrogen and oxygen atoms in total. The Morgan fingerprint density at radius 1 is 1.46 bits per heavy atom. The van der Waals surface area contributed by atoms with Crippen LogP contribution in [0.25, 0.3) is 0 Å². The lowest BCUT2D eigenvalue weighted by Gasteiger charge is -2.08. The molecular formula is C10H10ClIO. The van der Waals surface area contributed by atoms with Gasteiger partial charge in [0, 0.05) is 9.13 Å². The Morgan fingerprint density at radius 3 is 2.62 bits per heavy atom. The summed E-state index contributed by atoms with van der Waals surface area (Å²) < 4.78 is 0.978. The first-order chi connectivity index (χ1) is 6.07. The fourth-order valence-corrected chi connectivity index (χ4v) is 2.21. The number of aryl methyl sites for hydroxylation is 1. The quantitative estimate of drug-likeness (QED) is 0.465. The summed E-state index contributed by atoms with van der Waals surface area (Å²) in [5.74, 6) is 0.0626. The largest absolute Gasteiger partial charge is 0.293 e. The van der Waals surface area contributed by atoms with Gasteiger partial charge in [0.2, 0.25) is 0 Å². The highest BCUT2D eigenvalue weighted by Crippen LogP contribution is 2.20. The molecule has 0 unspecified atom stereocenters. The molecule has 0 amide bonds. The third-order valence-electron chi connectivity index (χ3n) is 2.09. The minimum absolute atomic E-state index is 0.00673. The van der Waals surface area contributed by atoms with Gasteiger partial charge in [-0.2, -0.15) is 0 Å².